The molecule has 0 saturated heterocycles. The number of carboxylic acids is 1. The third-order valence-electron chi connectivity index (χ3n) is 3.44. The Morgan fingerprint density at radius 3 is 2.57 bits per heavy atom. The van der Waals surface area contributed by atoms with Crippen molar-refractivity contribution < 1.29 is 14.7 Å². The second-order valence-electron chi connectivity index (χ2n) is 4.91. The van der Waals surface area contributed by atoms with E-state index in [1.54, 1.807) is 18.2 Å². The van der Waals surface area contributed by atoms with Crippen LogP contribution in [0, 0.1) is 0 Å². The minimum absolute atomic E-state index is 0.0221. The van der Waals surface area contributed by atoms with Crippen molar-refractivity contribution in [2.45, 2.75) is 12.8 Å². The molecule has 4 nitrogen and oxygen atoms in total. The zero-order chi connectivity index (χ0) is 14.8. The molecule has 0 fully saturated rings. The van der Waals surface area contributed by atoms with Gasteiger partial charge in [0.15, 0.2) is 5.78 Å². The fraction of sp³-hybridized carbons (Fsp3) is 0.118. The van der Waals surface area contributed by atoms with E-state index in [2.05, 4.69) is 4.99 Å². The molecule has 0 radical (unpaired) electrons. The van der Waals surface area contributed by atoms with Crippen LogP contribution in [0.1, 0.15) is 27.9 Å². The third kappa shape index (κ3) is 2.60. The standard InChI is InChI=1S/C17H13NO3/c19-15-10-14(11-5-2-1-3-6-11)18-17-12(9-16(20)21)7-4-8-13(15)17/h1-8H,9-10H2,(H,20,21). The second kappa shape index (κ2) is 5.32. The number of nitrogens with zero attached hydrogens (tertiary/aromatic N) is 1. The zero-order valence-electron chi connectivity index (χ0n) is 11.2. The molecule has 0 aliphatic carbocycles. The molecule has 1 N–H and O–H groups in total. The predicted octanol–water partition coefficient (Wildman–Crippen LogP) is 3.02. The molecule has 3 rings (SSSR count). The maximum atomic E-state index is 12.3. The fourth-order valence-corrected chi connectivity index (χ4v) is 2.47. The molecule has 4 heteroatoms. The van der Waals surface area contributed by atoms with Crippen LogP contribution in [0.4, 0.5) is 5.69 Å². The number of fused-ring (bicyclic) bond motifs is 1. The molecule has 0 amide bonds. The van der Waals surface area contributed by atoms with Crippen LogP contribution < -0.4 is 0 Å². The summed E-state index contributed by atoms with van der Waals surface area (Å²) in [5, 5.41) is 8.98. The highest BCUT2D eigenvalue weighted by Crippen LogP contribution is 2.31. The first-order valence-corrected chi connectivity index (χ1v) is 6.65. The van der Waals surface area contributed by atoms with E-state index >= 15 is 0 Å². The number of hydrogen-bond donors (Lipinski definition) is 1. The Morgan fingerprint density at radius 2 is 1.86 bits per heavy atom. The molecule has 104 valence electrons. The molecule has 2 aromatic carbocycles. The van der Waals surface area contributed by atoms with E-state index in [1.807, 2.05) is 30.3 Å². The molecule has 2 aromatic rings. The van der Waals surface area contributed by atoms with Gasteiger partial charge in [0.25, 0.3) is 0 Å². The van der Waals surface area contributed by atoms with Crippen LogP contribution in [-0.4, -0.2) is 22.6 Å². The molecular formula is C17H13NO3. The molecule has 21 heavy (non-hydrogen) atoms. The summed E-state index contributed by atoms with van der Waals surface area (Å²) >= 11 is 0. The molecule has 1 aliphatic rings. The van der Waals surface area contributed by atoms with Gasteiger partial charge in [-0.1, -0.05) is 42.5 Å². The van der Waals surface area contributed by atoms with Gasteiger partial charge in [-0.2, -0.15) is 0 Å². The Balaban J connectivity index is 2.12. The maximum absolute atomic E-state index is 12.3. The molecule has 0 saturated carbocycles. The van der Waals surface area contributed by atoms with Crippen LogP contribution in [0.2, 0.25) is 0 Å². The average Bonchev–Trinajstić information content (AvgIpc) is 2.48. The van der Waals surface area contributed by atoms with E-state index in [1.165, 1.54) is 0 Å². The van der Waals surface area contributed by atoms with E-state index < -0.39 is 5.97 Å². The lowest BCUT2D eigenvalue weighted by molar-refractivity contribution is -0.136. The normalized spacial score (nSPS) is 13.5. The number of benzene rings is 2. The second-order valence-corrected chi connectivity index (χ2v) is 4.91. The van der Waals surface area contributed by atoms with Gasteiger partial charge in [-0.25, -0.2) is 0 Å². The van der Waals surface area contributed by atoms with Gasteiger partial charge in [-0.3, -0.25) is 14.6 Å². The highest BCUT2D eigenvalue weighted by atomic mass is 16.4. The summed E-state index contributed by atoms with van der Waals surface area (Å²) in [5.41, 5.74) is 3.15. The lowest BCUT2D eigenvalue weighted by Crippen LogP contribution is -2.15. The Labute approximate surface area is 121 Å². The van der Waals surface area contributed by atoms with Crippen LogP contribution >= 0.6 is 0 Å². The highest BCUT2D eigenvalue weighted by molar-refractivity contribution is 6.21. The summed E-state index contributed by atoms with van der Waals surface area (Å²) in [4.78, 5) is 27.8. The highest BCUT2D eigenvalue weighted by Gasteiger charge is 2.23. The lowest BCUT2D eigenvalue weighted by atomic mass is 9.93. The Morgan fingerprint density at radius 1 is 1.10 bits per heavy atom. The number of hydrogen-bond acceptors (Lipinski definition) is 3. The molecule has 0 spiro atoms. The van der Waals surface area contributed by atoms with Gasteiger partial charge in [0.05, 0.1) is 24.2 Å². The van der Waals surface area contributed by atoms with E-state index in [4.69, 9.17) is 5.11 Å². The Hall–Kier alpha value is -2.75. The van der Waals surface area contributed by atoms with Crippen molar-refractivity contribution in [1.82, 2.24) is 0 Å². The number of carbonyl (C=O) groups is 2. The molecule has 1 aliphatic heterocycles. The number of rotatable bonds is 3. The zero-order valence-corrected chi connectivity index (χ0v) is 11.2. The number of carbonyl (C=O) groups excluding carboxylic acids is 1. The lowest BCUT2D eigenvalue weighted by Gasteiger charge is -2.17. The summed E-state index contributed by atoms with van der Waals surface area (Å²) in [6.07, 6.45) is 0.107. The van der Waals surface area contributed by atoms with Crippen molar-refractivity contribution in [2.75, 3.05) is 0 Å². The molecule has 0 aromatic heterocycles. The first kappa shape index (κ1) is 13.2. The Bertz CT molecular complexity index is 748. The van der Waals surface area contributed by atoms with Crippen LogP contribution in [0.3, 0.4) is 0 Å². The smallest absolute Gasteiger partial charge is 0.307 e. The van der Waals surface area contributed by atoms with Gasteiger partial charge in [0.2, 0.25) is 0 Å². The van der Waals surface area contributed by atoms with E-state index in [9.17, 15) is 9.59 Å². The largest absolute Gasteiger partial charge is 0.481 e. The molecule has 1 heterocycles. The SMILES string of the molecule is O=C(O)Cc1cccc2c1N=C(c1ccccc1)CC2=O. The van der Waals surface area contributed by atoms with Crippen molar-refractivity contribution in [3.8, 4) is 0 Å². The van der Waals surface area contributed by atoms with Crippen molar-refractivity contribution >= 4 is 23.2 Å². The molecule has 0 bridgehead atoms. The number of aliphatic carboxylic acids is 1. The van der Waals surface area contributed by atoms with Gasteiger partial charge in [-0.15, -0.1) is 0 Å². The van der Waals surface area contributed by atoms with Crippen LogP contribution in [0.15, 0.2) is 53.5 Å². The van der Waals surface area contributed by atoms with Crippen LogP contribution in [0.25, 0.3) is 0 Å². The summed E-state index contributed by atoms with van der Waals surface area (Å²) in [5.74, 6) is -0.955. The number of carboxylic acid groups (broad SMARTS) is 1. The predicted molar refractivity (Wildman–Crippen MR) is 79.4 cm³/mol. The van der Waals surface area contributed by atoms with Gasteiger partial charge < -0.3 is 5.11 Å². The maximum Gasteiger partial charge on any atom is 0.307 e. The number of Topliss-reactive ketones (excluding diaryl/α,β-unsaturated/α-hetero) is 1. The Kier molecular flexibility index (Phi) is 3.36. The summed E-state index contributed by atoms with van der Waals surface area (Å²) in [6.45, 7) is 0. The van der Waals surface area contributed by atoms with Crippen molar-refractivity contribution in [2.24, 2.45) is 4.99 Å². The summed E-state index contributed by atoms with van der Waals surface area (Å²) in [7, 11) is 0. The van der Waals surface area contributed by atoms with Crippen molar-refractivity contribution in [1.29, 1.82) is 0 Å². The third-order valence-corrected chi connectivity index (χ3v) is 3.44. The van der Waals surface area contributed by atoms with Crippen LogP contribution in [-0.2, 0) is 11.2 Å². The summed E-state index contributed by atoms with van der Waals surface area (Å²) < 4.78 is 0. The first-order chi connectivity index (χ1) is 10.1. The van der Waals surface area contributed by atoms with E-state index in [-0.39, 0.29) is 18.6 Å². The number of aliphatic imine (C=N–C) groups is 1. The number of para-hydroxylation sites is 1. The average molecular weight is 279 g/mol. The van der Waals surface area contributed by atoms with Crippen molar-refractivity contribution in [3.63, 3.8) is 0 Å². The quantitative estimate of drug-likeness (QED) is 0.939. The minimum atomic E-state index is -0.933. The topological polar surface area (TPSA) is 66.7 Å². The van der Waals surface area contributed by atoms with E-state index in [0.717, 1.165) is 5.56 Å². The number of ketones is 1. The monoisotopic (exact) mass is 279 g/mol. The molecule has 0 unspecified atom stereocenters. The van der Waals surface area contributed by atoms with Crippen LogP contribution in [0.5, 0.6) is 0 Å². The fourth-order valence-electron chi connectivity index (χ4n) is 2.47. The molecular weight excluding hydrogens is 266 g/mol. The van der Waals surface area contributed by atoms with Gasteiger partial charge in [-0.05, 0) is 17.2 Å². The minimum Gasteiger partial charge on any atom is -0.481 e. The van der Waals surface area contributed by atoms with Gasteiger partial charge in [0.1, 0.15) is 0 Å². The molecule has 0 atom stereocenters. The van der Waals surface area contributed by atoms with Crippen molar-refractivity contribution in [3.05, 3.63) is 65.2 Å². The summed E-state index contributed by atoms with van der Waals surface area (Å²) in [6, 6.07) is 14.6. The van der Waals surface area contributed by atoms with Gasteiger partial charge in [0, 0.05) is 5.56 Å². The van der Waals surface area contributed by atoms with E-state index in [0.29, 0.717) is 22.5 Å². The first-order valence-electron chi connectivity index (χ1n) is 6.65. The van der Waals surface area contributed by atoms with Gasteiger partial charge >= 0.3 is 5.97 Å².